The zero-order chi connectivity index (χ0) is 16.2. The van der Waals surface area contributed by atoms with Crippen molar-refractivity contribution in [2.45, 2.75) is 19.5 Å². The number of hydrogen-bond acceptors (Lipinski definition) is 5. The van der Waals surface area contributed by atoms with Gasteiger partial charge in [0.25, 0.3) is 0 Å². The molecule has 1 unspecified atom stereocenters. The van der Waals surface area contributed by atoms with E-state index < -0.39 is 0 Å². The van der Waals surface area contributed by atoms with Gasteiger partial charge in [-0.2, -0.15) is 5.26 Å². The number of hydrogen-bond donors (Lipinski definition) is 0. The maximum atomic E-state index is 13.8. The molecule has 3 rings (SSSR count). The summed E-state index contributed by atoms with van der Waals surface area (Å²) in [7, 11) is 0. The van der Waals surface area contributed by atoms with Gasteiger partial charge < -0.3 is 4.90 Å². The van der Waals surface area contributed by atoms with Crippen LogP contribution in [0.15, 0.2) is 36.8 Å². The van der Waals surface area contributed by atoms with Crippen LogP contribution in [0.3, 0.4) is 0 Å². The van der Waals surface area contributed by atoms with Crippen LogP contribution in [0, 0.1) is 17.1 Å². The molecular formula is C17H18FN5. The second-order valence-electron chi connectivity index (χ2n) is 5.74. The van der Waals surface area contributed by atoms with E-state index in [4.69, 9.17) is 5.26 Å². The van der Waals surface area contributed by atoms with Crippen molar-refractivity contribution in [3.05, 3.63) is 53.9 Å². The van der Waals surface area contributed by atoms with E-state index in [1.165, 1.54) is 6.20 Å². The molecule has 0 aromatic carbocycles. The van der Waals surface area contributed by atoms with E-state index in [9.17, 15) is 4.39 Å². The maximum absolute atomic E-state index is 13.8. The molecular weight excluding hydrogens is 293 g/mol. The zero-order valence-electron chi connectivity index (χ0n) is 13.0. The summed E-state index contributed by atoms with van der Waals surface area (Å²) in [4.78, 5) is 12.3. The molecule has 0 saturated carbocycles. The fraction of sp³-hybridized carbons (Fsp3) is 0.353. The summed E-state index contributed by atoms with van der Waals surface area (Å²) in [5.74, 6) is -0.255. The Balaban J connectivity index is 1.68. The minimum Gasteiger partial charge on any atom is -0.369 e. The van der Waals surface area contributed by atoms with Crippen molar-refractivity contribution >= 4 is 5.69 Å². The predicted octanol–water partition coefficient (Wildman–Crippen LogP) is 2.20. The van der Waals surface area contributed by atoms with Crippen LogP contribution in [0.25, 0.3) is 0 Å². The van der Waals surface area contributed by atoms with E-state index in [1.807, 2.05) is 12.1 Å². The van der Waals surface area contributed by atoms with Gasteiger partial charge in [-0.15, -0.1) is 0 Å². The van der Waals surface area contributed by atoms with E-state index in [1.54, 1.807) is 18.5 Å². The summed E-state index contributed by atoms with van der Waals surface area (Å²) in [6.07, 6.45) is 4.55. The van der Waals surface area contributed by atoms with Gasteiger partial charge >= 0.3 is 0 Å². The average molecular weight is 311 g/mol. The standard InChI is InChI=1S/C17H18FN5/c1-13-11-23(16-3-5-21-15(8-16)9-19)7-6-22(13)12-14-2-4-20-10-17(14)18/h2-5,8,10,13H,6-7,11-12H2,1H3. The number of pyridine rings is 2. The van der Waals surface area contributed by atoms with Crippen molar-refractivity contribution in [1.82, 2.24) is 14.9 Å². The van der Waals surface area contributed by atoms with E-state index in [0.29, 0.717) is 17.8 Å². The van der Waals surface area contributed by atoms with Crippen molar-refractivity contribution in [2.24, 2.45) is 0 Å². The van der Waals surface area contributed by atoms with Crippen LogP contribution >= 0.6 is 0 Å². The second kappa shape index (κ2) is 6.71. The minimum atomic E-state index is -0.255. The van der Waals surface area contributed by atoms with Crippen LogP contribution < -0.4 is 4.90 Å². The monoisotopic (exact) mass is 311 g/mol. The van der Waals surface area contributed by atoms with Gasteiger partial charge in [0.15, 0.2) is 0 Å². The summed E-state index contributed by atoms with van der Waals surface area (Å²) in [5, 5.41) is 8.96. The highest BCUT2D eigenvalue weighted by atomic mass is 19.1. The first kappa shape index (κ1) is 15.4. The maximum Gasteiger partial charge on any atom is 0.145 e. The molecule has 0 N–H and O–H groups in total. The molecule has 0 amide bonds. The molecule has 1 aliphatic heterocycles. The molecule has 0 bridgehead atoms. The molecule has 1 atom stereocenters. The Morgan fingerprint density at radius 3 is 2.96 bits per heavy atom. The largest absolute Gasteiger partial charge is 0.369 e. The Morgan fingerprint density at radius 2 is 2.22 bits per heavy atom. The highest BCUT2D eigenvalue weighted by Gasteiger charge is 2.24. The van der Waals surface area contributed by atoms with Gasteiger partial charge in [-0.3, -0.25) is 9.88 Å². The smallest absolute Gasteiger partial charge is 0.145 e. The molecule has 1 fully saturated rings. The molecule has 23 heavy (non-hydrogen) atoms. The van der Waals surface area contributed by atoms with Crippen LogP contribution in [-0.2, 0) is 6.54 Å². The van der Waals surface area contributed by atoms with Crippen molar-refractivity contribution in [2.75, 3.05) is 24.5 Å². The predicted molar refractivity (Wildman–Crippen MR) is 85.2 cm³/mol. The normalized spacial score (nSPS) is 18.7. The fourth-order valence-corrected chi connectivity index (χ4v) is 2.89. The Kier molecular flexibility index (Phi) is 4.49. The molecule has 1 aliphatic rings. The van der Waals surface area contributed by atoms with Gasteiger partial charge in [0, 0.05) is 55.9 Å². The summed E-state index contributed by atoms with van der Waals surface area (Å²) in [5.41, 5.74) is 2.12. The Morgan fingerprint density at radius 1 is 1.35 bits per heavy atom. The van der Waals surface area contributed by atoms with Gasteiger partial charge in [-0.25, -0.2) is 9.37 Å². The number of aromatic nitrogens is 2. The van der Waals surface area contributed by atoms with Gasteiger partial charge in [-0.1, -0.05) is 0 Å². The highest BCUT2D eigenvalue weighted by molar-refractivity contribution is 5.49. The van der Waals surface area contributed by atoms with E-state index in [-0.39, 0.29) is 11.9 Å². The first-order valence-electron chi connectivity index (χ1n) is 7.61. The lowest BCUT2D eigenvalue weighted by atomic mass is 10.1. The van der Waals surface area contributed by atoms with Crippen molar-refractivity contribution in [1.29, 1.82) is 5.26 Å². The summed E-state index contributed by atoms with van der Waals surface area (Å²) < 4.78 is 13.8. The number of nitriles is 1. The van der Waals surface area contributed by atoms with Crippen LogP contribution in [0.5, 0.6) is 0 Å². The second-order valence-corrected chi connectivity index (χ2v) is 5.74. The highest BCUT2D eigenvalue weighted by Crippen LogP contribution is 2.21. The third-order valence-electron chi connectivity index (χ3n) is 4.22. The van der Waals surface area contributed by atoms with Gasteiger partial charge in [0.05, 0.1) is 6.20 Å². The third kappa shape index (κ3) is 3.46. The molecule has 2 aromatic heterocycles. The lowest BCUT2D eigenvalue weighted by Crippen LogP contribution is -2.51. The molecule has 0 radical (unpaired) electrons. The number of rotatable bonds is 3. The van der Waals surface area contributed by atoms with Crippen LogP contribution in [0.4, 0.5) is 10.1 Å². The molecule has 0 spiro atoms. The molecule has 118 valence electrons. The first-order valence-corrected chi connectivity index (χ1v) is 7.61. The summed E-state index contributed by atoms with van der Waals surface area (Å²) >= 11 is 0. The average Bonchev–Trinajstić information content (AvgIpc) is 2.58. The molecule has 5 nitrogen and oxygen atoms in total. The van der Waals surface area contributed by atoms with E-state index in [0.717, 1.165) is 25.3 Å². The molecule has 3 heterocycles. The van der Waals surface area contributed by atoms with E-state index in [2.05, 4.69) is 32.8 Å². The number of piperazine rings is 1. The Bertz CT molecular complexity index is 727. The summed E-state index contributed by atoms with van der Waals surface area (Å²) in [6.45, 7) is 5.24. The lowest BCUT2D eigenvalue weighted by Gasteiger charge is -2.41. The molecule has 0 aliphatic carbocycles. The molecule has 2 aromatic rings. The number of nitrogens with zero attached hydrogens (tertiary/aromatic N) is 5. The zero-order valence-corrected chi connectivity index (χ0v) is 13.0. The van der Waals surface area contributed by atoms with Crippen LogP contribution in [0.1, 0.15) is 18.2 Å². The SMILES string of the molecule is CC1CN(c2ccnc(C#N)c2)CCN1Cc1ccncc1F. The van der Waals surface area contributed by atoms with Crippen molar-refractivity contribution in [3.8, 4) is 6.07 Å². The van der Waals surface area contributed by atoms with E-state index >= 15 is 0 Å². The molecule has 1 saturated heterocycles. The van der Waals surface area contributed by atoms with Gasteiger partial charge in [-0.05, 0) is 25.1 Å². The van der Waals surface area contributed by atoms with Gasteiger partial charge in [0.2, 0.25) is 0 Å². The Hall–Kier alpha value is -2.52. The van der Waals surface area contributed by atoms with Crippen molar-refractivity contribution in [3.63, 3.8) is 0 Å². The minimum absolute atomic E-state index is 0.255. The van der Waals surface area contributed by atoms with Crippen molar-refractivity contribution < 1.29 is 4.39 Å². The van der Waals surface area contributed by atoms with Gasteiger partial charge in [0.1, 0.15) is 17.6 Å². The Labute approximate surface area is 135 Å². The van der Waals surface area contributed by atoms with Crippen LogP contribution in [0.2, 0.25) is 0 Å². The number of halogens is 1. The van der Waals surface area contributed by atoms with Crippen LogP contribution in [-0.4, -0.2) is 40.5 Å². The topological polar surface area (TPSA) is 56.1 Å². The fourth-order valence-electron chi connectivity index (χ4n) is 2.89. The quantitative estimate of drug-likeness (QED) is 0.870. The molecule has 6 heteroatoms. The number of anilines is 1. The lowest BCUT2D eigenvalue weighted by molar-refractivity contribution is 0.179. The first-order chi connectivity index (χ1) is 11.2. The third-order valence-corrected chi connectivity index (χ3v) is 4.22. The summed E-state index contributed by atoms with van der Waals surface area (Å²) in [6, 6.07) is 7.82.